The second-order valence-corrected chi connectivity index (χ2v) is 6.94. The number of rotatable bonds is 2. The summed E-state index contributed by atoms with van der Waals surface area (Å²) in [6, 6.07) is 0. The van der Waals surface area contributed by atoms with Crippen LogP contribution >= 0.6 is 0 Å². The Morgan fingerprint density at radius 2 is 1.88 bits per heavy atom. The van der Waals surface area contributed by atoms with Gasteiger partial charge in [0.15, 0.2) is 0 Å². The first-order valence-electron chi connectivity index (χ1n) is 6.69. The molecule has 0 aromatic heterocycles. The van der Waals surface area contributed by atoms with Crippen LogP contribution in [-0.4, -0.2) is 35.0 Å². The van der Waals surface area contributed by atoms with Crippen molar-refractivity contribution in [3.8, 4) is 0 Å². The van der Waals surface area contributed by atoms with E-state index in [9.17, 15) is 4.79 Å². The van der Waals surface area contributed by atoms with Crippen LogP contribution in [0.25, 0.3) is 0 Å². The van der Waals surface area contributed by atoms with Crippen LogP contribution in [0.3, 0.4) is 0 Å². The fourth-order valence-corrected chi connectivity index (χ4v) is 2.97. The van der Waals surface area contributed by atoms with Crippen LogP contribution in [0.15, 0.2) is 0 Å². The van der Waals surface area contributed by atoms with Crippen molar-refractivity contribution in [3.63, 3.8) is 0 Å². The van der Waals surface area contributed by atoms with E-state index in [4.69, 9.17) is 0 Å². The summed E-state index contributed by atoms with van der Waals surface area (Å²) in [7, 11) is 0. The van der Waals surface area contributed by atoms with Gasteiger partial charge in [0.1, 0.15) is 0 Å². The molecule has 0 unspecified atom stereocenters. The summed E-state index contributed by atoms with van der Waals surface area (Å²) in [5.41, 5.74) is 0.0509. The quantitative estimate of drug-likeness (QED) is 0.804. The van der Waals surface area contributed by atoms with E-state index < -0.39 is 0 Å². The van der Waals surface area contributed by atoms with Crippen molar-refractivity contribution in [3.05, 3.63) is 0 Å². The number of hydrogen-bond donors (Lipinski definition) is 1. The molecule has 0 bridgehead atoms. The van der Waals surface area contributed by atoms with Gasteiger partial charge < -0.3 is 10.2 Å². The number of nitrogens with zero attached hydrogens (tertiary/aromatic N) is 1. The maximum atomic E-state index is 12.3. The molecule has 3 nitrogen and oxygen atoms in total. The molecule has 0 radical (unpaired) electrons. The van der Waals surface area contributed by atoms with Crippen LogP contribution in [0, 0.1) is 5.92 Å². The van der Waals surface area contributed by atoms with Crippen molar-refractivity contribution >= 4 is 5.91 Å². The highest BCUT2D eigenvalue weighted by molar-refractivity contribution is 5.77. The molecule has 0 spiro atoms. The van der Waals surface area contributed by atoms with E-state index in [0.29, 0.717) is 18.2 Å². The molecule has 1 amide bonds. The molecule has 0 atom stereocenters. The Morgan fingerprint density at radius 1 is 1.29 bits per heavy atom. The van der Waals surface area contributed by atoms with Crippen LogP contribution in [0.2, 0.25) is 0 Å². The zero-order valence-corrected chi connectivity index (χ0v) is 12.3. The summed E-state index contributed by atoms with van der Waals surface area (Å²) in [6.45, 7) is 14.7. The van der Waals surface area contributed by atoms with Crippen LogP contribution < -0.4 is 5.32 Å². The first-order valence-corrected chi connectivity index (χ1v) is 6.69. The number of hydrogen-bond acceptors (Lipinski definition) is 2. The molecule has 0 saturated carbocycles. The topological polar surface area (TPSA) is 32.3 Å². The zero-order chi connectivity index (χ0) is 13.3. The van der Waals surface area contributed by atoms with Gasteiger partial charge in [0.2, 0.25) is 5.91 Å². The second-order valence-electron chi connectivity index (χ2n) is 6.94. The molecule has 0 aromatic carbocycles. The van der Waals surface area contributed by atoms with Gasteiger partial charge in [0, 0.05) is 30.6 Å². The Balaban J connectivity index is 2.81. The highest BCUT2D eigenvalue weighted by Crippen LogP contribution is 2.29. The lowest BCUT2D eigenvalue weighted by Crippen LogP contribution is -2.50. The van der Waals surface area contributed by atoms with Gasteiger partial charge >= 0.3 is 0 Å². The number of carbonyl (C=O) groups is 1. The van der Waals surface area contributed by atoms with Gasteiger partial charge in [0.25, 0.3) is 0 Å². The van der Waals surface area contributed by atoms with Crippen LogP contribution in [-0.2, 0) is 4.79 Å². The fourth-order valence-electron chi connectivity index (χ4n) is 2.97. The predicted molar refractivity (Wildman–Crippen MR) is 71.9 cm³/mol. The summed E-state index contributed by atoms with van der Waals surface area (Å²) in [5, 5.41) is 3.52. The van der Waals surface area contributed by atoms with Gasteiger partial charge in [-0.3, -0.25) is 4.79 Å². The smallest absolute Gasteiger partial charge is 0.223 e. The highest BCUT2D eigenvalue weighted by atomic mass is 16.2. The van der Waals surface area contributed by atoms with Crippen molar-refractivity contribution in [1.82, 2.24) is 10.2 Å². The first kappa shape index (κ1) is 14.5. The molecule has 1 aliphatic heterocycles. The van der Waals surface area contributed by atoms with E-state index in [-0.39, 0.29) is 11.1 Å². The van der Waals surface area contributed by atoms with E-state index in [0.717, 1.165) is 19.5 Å². The standard InChI is InChI=1S/C14H28N2O/c1-11(2)9-12(17)16-8-7-15-13(3,4)10-14(16,5)6/h11,15H,7-10H2,1-6H3. The number of nitrogens with one attached hydrogen (secondary N) is 1. The Kier molecular flexibility index (Phi) is 4.23. The summed E-state index contributed by atoms with van der Waals surface area (Å²) < 4.78 is 0. The number of amides is 1. The summed E-state index contributed by atoms with van der Waals surface area (Å²) in [5.74, 6) is 0.729. The minimum Gasteiger partial charge on any atom is -0.336 e. The molecular formula is C14H28N2O. The lowest BCUT2D eigenvalue weighted by molar-refractivity contribution is -0.137. The van der Waals surface area contributed by atoms with Crippen molar-refractivity contribution in [2.24, 2.45) is 5.92 Å². The SMILES string of the molecule is CC(C)CC(=O)N1CCNC(C)(C)CC1(C)C. The van der Waals surface area contributed by atoms with Gasteiger partial charge in [0.05, 0.1) is 0 Å². The molecule has 3 heteroatoms. The Morgan fingerprint density at radius 3 is 2.41 bits per heavy atom. The van der Waals surface area contributed by atoms with E-state index in [1.807, 2.05) is 0 Å². The molecule has 100 valence electrons. The van der Waals surface area contributed by atoms with Crippen LogP contribution in [0.4, 0.5) is 0 Å². The van der Waals surface area contributed by atoms with Crippen LogP contribution in [0.1, 0.15) is 54.4 Å². The first-order chi connectivity index (χ1) is 7.64. The second kappa shape index (κ2) is 4.97. The molecule has 0 aliphatic carbocycles. The Bertz CT molecular complexity index is 282. The summed E-state index contributed by atoms with van der Waals surface area (Å²) in [4.78, 5) is 14.4. The van der Waals surface area contributed by atoms with E-state index in [1.54, 1.807) is 0 Å². The van der Waals surface area contributed by atoms with Gasteiger partial charge in [-0.2, -0.15) is 0 Å². The third-order valence-electron chi connectivity index (χ3n) is 3.43. The third-order valence-corrected chi connectivity index (χ3v) is 3.43. The molecule has 0 aromatic rings. The van der Waals surface area contributed by atoms with Gasteiger partial charge in [-0.15, -0.1) is 0 Å². The third kappa shape index (κ3) is 3.98. The molecule has 1 aliphatic rings. The van der Waals surface area contributed by atoms with Crippen molar-refractivity contribution < 1.29 is 4.79 Å². The molecule has 1 saturated heterocycles. The van der Waals surface area contributed by atoms with E-state index >= 15 is 0 Å². The largest absolute Gasteiger partial charge is 0.336 e. The lowest BCUT2D eigenvalue weighted by atomic mass is 9.86. The molecule has 1 fully saturated rings. The van der Waals surface area contributed by atoms with E-state index in [2.05, 4.69) is 51.8 Å². The van der Waals surface area contributed by atoms with Gasteiger partial charge in [-0.25, -0.2) is 0 Å². The summed E-state index contributed by atoms with van der Waals surface area (Å²) >= 11 is 0. The minimum atomic E-state index is -0.0566. The van der Waals surface area contributed by atoms with Gasteiger partial charge in [-0.1, -0.05) is 13.8 Å². The molecular weight excluding hydrogens is 212 g/mol. The molecule has 1 N–H and O–H groups in total. The average molecular weight is 240 g/mol. The fraction of sp³-hybridized carbons (Fsp3) is 0.929. The monoisotopic (exact) mass is 240 g/mol. The maximum Gasteiger partial charge on any atom is 0.223 e. The molecule has 17 heavy (non-hydrogen) atoms. The maximum absolute atomic E-state index is 12.3. The zero-order valence-electron chi connectivity index (χ0n) is 12.3. The highest BCUT2D eigenvalue weighted by Gasteiger charge is 2.38. The average Bonchev–Trinajstić information content (AvgIpc) is 2.17. The Hall–Kier alpha value is -0.570. The minimum absolute atomic E-state index is 0.0566. The van der Waals surface area contributed by atoms with Crippen molar-refractivity contribution in [2.75, 3.05) is 13.1 Å². The predicted octanol–water partition coefficient (Wildman–Crippen LogP) is 2.41. The van der Waals surface area contributed by atoms with Crippen molar-refractivity contribution in [1.29, 1.82) is 0 Å². The van der Waals surface area contributed by atoms with Gasteiger partial charge in [-0.05, 0) is 40.0 Å². The molecule has 1 heterocycles. The molecule has 1 rings (SSSR count). The normalized spacial score (nSPS) is 23.6. The Labute approximate surface area is 106 Å². The lowest BCUT2D eigenvalue weighted by Gasteiger charge is -2.40. The number of carbonyl (C=O) groups excluding carboxylic acids is 1. The summed E-state index contributed by atoms with van der Waals surface area (Å²) in [6.07, 6.45) is 1.65. The van der Waals surface area contributed by atoms with E-state index in [1.165, 1.54) is 0 Å². The van der Waals surface area contributed by atoms with Crippen LogP contribution in [0.5, 0.6) is 0 Å². The van der Waals surface area contributed by atoms with Crippen molar-refractivity contribution in [2.45, 2.75) is 65.5 Å².